The van der Waals surface area contributed by atoms with Gasteiger partial charge in [-0.3, -0.25) is 9.59 Å². The highest BCUT2D eigenvalue weighted by Gasteiger charge is 2.13. The standard InChI is InChI=1S/C29H48O3/c1-2-3-4-5-6-7-8-9-13-19-24-28(26-30)32-29(31)25-20-14-11-10-12-16-21-27-22-17-15-18-23-27/h15,17-18,22-23,26,28H,2-14,16,19-21,24-25H2,1H3. The summed E-state index contributed by atoms with van der Waals surface area (Å²) < 4.78 is 5.37. The summed E-state index contributed by atoms with van der Waals surface area (Å²) >= 11 is 0. The van der Waals surface area contributed by atoms with Gasteiger partial charge in [-0.25, -0.2) is 0 Å². The predicted octanol–water partition coefficient (Wildman–Crippen LogP) is 8.38. The molecule has 1 aromatic rings. The Hall–Kier alpha value is -1.64. The van der Waals surface area contributed by atoms with Crippen molar-refractivity contribution >= 4 is 12.3 Å². The molecule has 0 aliphatic carbocycles. The van der Waals surface area contributed by atoms with Crippen LogP contribution in [0.3, 0.4) is 0 Å². The molecule has 1 aromatic carbocycles. The summed E-state index contributed by atoms with van der Waals surface area (Å²) in [5.74, 6) is -0.210. The van der Waals surface area contributed by atoms with Gasteiger partial charge in [-0.05, 0) is 37.7 Å². The molecule has 0 amide bonds. The van der Waals surface area contributed by atoms with Gasteiger partial charge in [0, 0.05) is 6.42 Å². The Morgan fingerprint density at radius 2 is 1.28 bits per heavy atom. The van der Waals surface area contributed by atoms with Gasteiger partial charge < -0.3 is 4.74 Å². The van der Waals surface area contributed by atoms with Crippen LogP contribution in [0, 0.1) is 0 Å². The summed E-state index contributed by atoms with van der Waals surface area (Å²) in [5.41, 5.74) is 1.41. The minimum Gasteiger partial charge on any atom is -0.455 e. The number of hydrogen-bond donors (Lipinski definition) is 0. The van der Waals surface area contributed by atoms with E-state index in [0.29, 0.717) is 12.8 Å². The molecule has 0 aliphatic heterocycles. The number of ether oxygens (including phenoxy) is 1. The van der Waals surface area contributed by atoms with Crippen LogP contribution in [0.4, 0.5) is 0 Å². The number of aryl methyl sites for hydroxylation is 1. The second kappa shape index (κ2) is 21.2. The second-order valence-electron chi connectivity index (χ2n) is 9.24. The Bertz CT molecular complexity index is 555. The molecule has 0 aromatic heterocycles. The highest BCUT2D eigenvalue weighted by atomic mass is 16.5. The number of carbonyl (C=O) groups excluding carboxylic acids is 2. The molecule has 1 atom stereocenters. The third kappa shape index (κ3) is 17.0. The van der Waals surface area contributed by atoms with Crippen LogP contribution in [0.25, 0.3) is 0 Å². The molecule has 0 heterocycles. The number of aldehydes is 1. The van der Waals surface area contributed by atoms with Crippen LogP contribution >= 0.6 is 0 Å². The number of esters is 1. The lowest BCUT2D eigenvalue weighted by Crippen LogP contribution is -2.19. The lowest BCUT2D eigenvalue weighted by Gasteiger charge is -2.12. The predicted molar refractivity (Wildman–Crippen MR) is 135 cm³/mol. The Labute approximate surface area is 197 Å². The van der Waals surface area contributed by atoms with Gasteiger partial charge in [0.05, 0.1) is 0 Å². The van der Waals surface area contributed by atoms with Gasteiger partial charge in [0.15, 0.2) is 12.4 Å². The summed E-state index contributed by atoms with van der Waals surface area (Å²) in [4.78, 5) is 23.2. The third-order valence-corrected chi connectivity index (χ3v) is 6.22. The van der Waals surface area contributed by atoms with Crippen molar-refractivity contribution in [3.8, 4) is 0 Å². The lowest BCUT2D eigenvalue weighted by atomic mass is 10.0. The average molecular weight is 445 g/mol. The fourth-order valence-electron chi connectivity index (χ4n) is 4.17. The molecule has 3 nitrogen and oxygen atoms in total. The maximum absolute atomic E-state index is 12.0. The quantitative estimate of drug-likeness (QED) is 0.102. The van der Waals surface area contributed by atoms with Crippen LogP contribution < -0.4 is 0 Å². The van der Waals surface area contributed by atoms with Crippen LogP contribution in [0.5, 0.6) is 0 Å². The van der Waals surface area contributed by atoms with E-state index >= 15 is 0 Å². The Balaban J connectivity index is 1.91. The normalized spacial score (nSPS) is 11.9. The molecule has 1 rings (SSSR count). The fraction of sp³-hybridized carbons (Fsp3) is 0.724. The Morgan fingerprint density at radius 1 is 0.750 bits per heavy atom. The first kappa shape index (κ1) is 28.4. The summed E-state index contributed by atoms with van der Waals surface area (Å²) in [6.45, 7) is 2.25. The lowest BCUT2D eigenvalue weighted by molar-refractivity contribution is -0.152. The molecule has 0 N–H and O–H groups in total. The Kier molecular flexibility index (Phi) is 18.8. The molecule has 182 valence electrons. The molecule has 32 heavy (non-hydrogen) atoms. The van der Waals surface area contributed by atoms with Crippen molar-refractivity contribution in [2.75, 3.05) is 0 Å². The topological polar surface area (TPSA) is 43.4 Å². The van der Waals surface area contributed by atoms with E-state index in [2.05, 4.69) is 37.3 Å². The van der Waals surface area contributed by atoms with E-state index in [-0.39, 0.29) is 5.97 Å². The van der Waals surface area contributed by atoms with Crippen molar-refractivity contribution in [2.45, 2.75) is 135 Å². The van der Waals surface area contributed by atoms with Crippen LogP contribution in [0.2, 0.25) is 0 Å². The van der Waals surface area contributed by atoms with Gasteiger partial charge >= 0.3 is 5.97 Å². The number of unbranched alkanes of at least 4 members (excludes halogenated alkanes) is 14. The first-order valence-electron chi connectivity index (χ1n) is 13.4. The molecule has 0 aliphatic rings. The molecule has 3 heteroatoms. The maximum Gasteiger partial charge on any atom is 0.306 e. The van der Waals surface area contributed by atoms with Gasteiger partial charge in [0.25, 0.3) is 0 Å². The van der Waals surface area contributed by atoms with Crippen molar-refractivity contribution in [1.29, 1.82) is 0 Å². The van der Waals surface area contributed by atoms with E-state index in [1.54, 1.807) is 0 Å². The zero-order valence-corrected chi connectivity index (χ0v) is 20.7. The summed E-state index contributed by atoms with van der Waals surface area (Å²) in [7, 11) is 0. The van der Waals surface area contributed by atoms with Crippen LogP contribution in [-0.2, 0) is 20.7 Å². The minimum atomic E-state index is -0.547. The van der Waals surface area contributed by atoms with E-state index in [1.807, 2.05) is 0 Å². The van der Waals surface area contributed by atoms with Crippen molar-refractivity contribution in [3.05, 3.63) is 35.9 Å². The zero-order valence-electron chi connectivity index (χ0n) is 20.7. The largest absolute Gasteiger partial charge is 0.455 e. The third-order valence-electron chi connectivity index (χ3n) is 6.22. The van der Waals surface area contributed by atoms with E-state index < -0.39 is 6.10 Å². The van der Waals surface area contributed by atoms with Crippen LogP contribution in [0.1, 0.15) is 128 Å². The van der Waals surface area contributed by atoms with E-state index in [9.17, 15) is 9.59 Å². The molecule has 0 saturated heterocycles. The smallest absolute Gasteiger partial charge is 0.306 e. The number of benzene rings is 1. The minimum absolute atomic E-state index is 0.210. The van der Waals surface area contributed by atoms with E-state index in [1.165, 1.54) is 76.2 Å². The number of hydrogen-bond acceptors (Lipinski definition) is 3. The first-order chi connectivity index (χ1) is 15.8. The van der Waals surface area contributed by atoms with Crippen molar-refractivity contribution < 1.29 is 14.3 Å². The zero-order chi connectivity index (χ0) is 23.1. The molecular formula is C29H48O3. The van der Waals surface area contributed by atoms with Gasteiger partial charge in [-0.2, -0.15) is 0 Å². The first-order valence-corrected chi connectivity index (χ1v) is 13.4. The highest BCUT2D eigenvalue weighted by molar-refractivity contribution is 5.72. The van der Waals surface area contributed by atoms with Gasteiger partial charge in [-0.1, -0.05) is 121 Å². The van der Waals surface area contributed by atoms with E-state index in [0.717, 1.165) is 44.8 Å². The van der Waals surface area contributed by atoms with Gasteiger partial charge in [0.2, 0.25) is 0 Å². The van der Waals surface area contributed by atoms with Gasteiger partial charge in [-0.15, -0.1) is 0 Å². The van der Waals surface area contributed by atoms with Crippen LogP contribution in [0.15, 0.2) is 30.3 Å². The fourth-order valence-corrected chi connectivity index (χ4v) is 4.17. The second-order valence-corrected chi connectivity index (χ2v) is 9.24. The molecular weight excluding hydrogens is 396 g/mol. The molecule has 0 bridgehead atoms. The molecule has 0 saturated carbocycles. The molecule has 0 radical (unpaired) electrons. The SMILES string of the molecule is CCCCCCCCCCCCC(C=O)OC(=O)CCCCCCCCc1ccccc1. The summed E-state index contributed by atoms with van der Waals surface area (Å²) in [5, 5.41) is 0. The van der Waals surface area contributed by atoms with E-state index in [4.69, 9.17) is 4.74 Å². The van der Waals surface area contributed by atoms with Crippen molar-refractivity contribution in [1.82, 2.24) is 0 Å². The molecule has 0 spiro atoms. The number of carbonyl (C=O) groups is 2. The van der Waals surface area contributed by atoms with Crippen LogP contribution in [-0.4, -0.2) is 18.4 Å². The number of rotatable bonds is 22. The van der Waals surface area contributed by atoms with Crippen molar-refractivity contribution in [2.24, 2.45) is 0 Å². The Morgan fingerprint density at radius 3 is 1.88 bits per heavy atom. The molecule has 1 unspecified atom stereocenters. The maximum atomic E-state index is 12.0. The summed E-state index contributed by atoms with van der Waals surface area (Å²) in [6.07, 6.45) is 22.0. The van der Waals surface area contributed by atoms with Gasteiger partial charge in [0.1, 0.15) is 0 Å². The molecule has 0 fully saturated rings. The highest BCUT2D eigenvalue weighted by Crippen LogP contribution is 2.14. The summed E-state index contributed by atoms with van der Waals surface area (Å²) in [6, 6.07) is 10.6. The average Bonchev–Trinajstić information content (AvgIpc) is 2.81. The monoisotopic (exact) mass is 444 g/mol. The van der Waals surface area contributed by atoms with Crippen molar-refractivity contribution in [3.63, 3.8) is 0 Å².